The maximum Gasteiger partial charge on any atom is 0.0471 e. The summed E-state index contributed by atoms with van der Waals surface area (Å²) in [7, 11) is 0. The van der Waals surface area contributed by atoms with Gasteiger partial charge in [0.1, 0.15) is 0 Å². The molecule has 1 N–H and O–H groups in total. The number of hydrogen-bond acceptors (Lipinski definition) is 2. The van der Waals surface area contributed by atoms with Gasteiger partial charge < -0.3 is 10.2 Å². The third-order valence-electron chi connectivity index (χ3n) is 4.44. The molecule has 2 nitrogen and oxygen atoms in total. The van der Waals surface area contributed by atoms with Gasteiger partial charge in [0.15, 0.2) is 0 Å². The summed E-state index contributed by atoms with van der Waals surface area (Å²) in [6, 6.07) is 7.05. The Morgan fingerprint density at radius 2 is 2.16 bits per heavy atom. The third-order valence-corrected chi connectivity index (χ3v) is 4.80. The van der Waals surface area contributed by atoms with Crippen LogP contribution in [0, 0.1) is 5.92 Å². The first-order chi connectivity index (χ1) is 9.28. The van der Waals surface area contributed by atoms with Gasteiger partial charge in [-0.25, -0.2) is 0 Å². The molecule has 1 saturated carbocycles. The van der Waals surface area contributed by atoms with Crippen molar-refractivity contribution in [3.05, 3.63) is 28.8 Å². The normalized spacial score (nSPS) is 23.1. The highest BCUT2D eigenvalue weighted by atomic mass is 35.5. The van der Waals surface area contributed by atoms with Gasteiger partial charge in [-0.2, -0.15) is 0 Å². The van der Waals surface area contributed by atoms with E-state index in [2.05, 4.69) is 29.3 Å². The van der Waals surface area contributed by atoms with Crippen molar-refractivity contribution in [2.24, 2.45) is 5.92 Å². The Kier molecular flexibility index (Phi) is 3.99. The Hall–Kier alpha value is -0.730. The van der Waals surface area contributed by atoms with E-state index in [-0.39, 0.29) is 0 Å². The van der Waals surface area contributed by atoms with Gasteiger partial charge >= 0.3 is 0 Å². The van der Waals surface area contributed by atoms with Crippen LogP contribution in [0.5, 0.6) is 0 Å². The van der Waals surface area contributed by atoms with E-state index in [1.807, 2.05) is 6.07 Å². The fourth-order valence-corrected chi connectivity index (χ4v) is 3.17. The molecule has 0 spiro atoms. The monoisotopic (exact) mass is 278 g/mol. The quantitative estimate of drug-likeness (QED) is 0.881. The lowest BCUT2D eigenvalue weighted by molar-refractivity contribution is 0.569. The summed E-state index contributed by atoms with van der Waals surface area (Å²) < 4.78 is 0. The van der Waals surface area contributed by atoms with Crippen molar-refractivity contribution in [3.8, 4) is 0 Å². The van der Waals surface area contributed by atoms with Gasteiger partial charge in [0.25, 0.3) is 0 Å². The molecule has 0 radical (unpaired) electrons. The van der Waals surface area contributed by atoms with Crippen molar-refractivity contribution in [3.63, 3.8) is 0 Å². The van der Waals surface area contributed by atoms with Gasteiger partial charge in [-0.1, -0.05) is 31.0 Å². The molecule has 1 aliphatic heterocycles. The summed E-state index contributed by atoms with van der Waals surface area (Å²) in [4.78, 5) is 2.52. The molecule has 2 fully saturated rings. The van der Waals surface area contributed by atoms with Crippen molar-refractivity contribution < 1.29 is 0 Å². The Bertz CT molecular complexity index is 442. The van der Waals surface area contributed by atoms with Gasteiger partial charge in [0, 0.05) is 41.9 Å². The lowest BCUT2D eigenvalue weighted by Gasteiger charge is -2.23. The maximum absolute atomic E-state index is 6.42. The molecule has 0 bridgehead atoms. The second-order valence-electron chi connectivity index (χ2n) is 5.90. The molecular formula is C16H23ClN2. The van der Waals surface area contributed by atoms with Crippen LogP contribution < -0.4 is 10.2 Å². The summed E-state index contributed by atoms with van der Waals surface area (Å²) in [6.07, 6.45) is 5.24. The average molecular weight is 279 g/mol. The van der Waals surface area contributed by atoms with E-state index in [1.54, 1.807) is 0 Å². The number of nitrogens with one attached hydrogen (secondary N) is 1. The van der Waals surface area contributed by atoms with Crippen LogP contribution in [0.1, 0.15) is 38.2 Å². The first kappa shape index (κ1) is 13.3. The Morgan fingerprint density at radius 3 is 2.84 bits per heavy atom. The van der Waals surface area contributed by atoms with Crippen molar-refractivity contribution in [2.45, 2.75) is 45.2 Å². The predicted molar refractivity (Wildman–Crippen MR) is 81.9 cm³/mol. The Balaban J connectivity index is 1.77. The second-order valence-corrected chi connectivity index (χ2v) is 6.31. The van der Waals surface area contributed by atoms with Crippen LogP contribution in [0.3, 0.4) is 0 Å². The van der Waals surface area contributed by atoms with Gasteiger partial charge in [0.2, 0.25) is 0 Å². The summed E-state index contributed by atoms with van der Waals surface area (Å²) in [6.45, 7) is 5.57. The highest BCUT2D eigenvalue weighted by Crippen LogP contribution is 2.32. The summed E-state index contributed by atoms with van der Waals surface area (Å²) >= 11 is 6.42. The van der Waals surface area contributed by atoms with Crippen molar-refractivity contribution >= 4 is 17.3 Å². The molecule has 104 valence electrons. The number of rotatable bonds is 5. The molecule has 1 heterocycles. The SMILES string of the molecule is CCC1CCN(c2cccc(Cl)c2CNC2CC2)C1. The molecular weight excluding hydrogens is 256 g/mol. The van der Waals surface area contributed by atoms with Crippen molar-refractivity contribution in [2.75, 3.05) is 18.0 Å². The smallest absolute Gasteiger partial charge is 0.0471 e. The van der Waals surface area contributed by atoms with Crippen LogP contribution in [0.25, 0.3) is 0 Å². The number of nitrogens with zero attached hydrogens (tertiary/aromatic N) is 1. The van der Waals surface area contributed by atoms with Crippen LogP contribution >= 0.6 is 11.6 Å². The minimum absolute atomic E-state index is 0.728. The van der Waals surface area contributed by atoms with E-state index < -0.39 is 0 Å². The van der Waals surface area contributed by atoms with E-state index in [0.29, 0.717) is 0 Å². The van der Waals surface area contributed by atoms with Crippen LogP contribution in [0.15, 0.2) is 18.2 Å². The molecule has 1 aliphatic carbocycles. The Labute approximate surface area is 121 Å². The summed E-state index contributed by atoms with van der Waals surface area (Å²) in [5, 5.41) is 4.50. The second kappa shape index (κ2) is 5.72. The van der Waals surface area contributed by atoms with E-state index in [0.717, 1.165) is 23.5 Å². The maximum atomic E-state index is 6.42. The molecule has 1 saturated heterocycles. The van der Waals surface area contributed by atoms with E-state index in [4.69, 9.17) is 11.6 Å². The van der Waals surface area contributed by atoms with Gasteiger partial charge in [-0.15, -0.1) is 0 Å². The molecule has 2 aliphatic rings. The zero-order valence-electron chi connectivity index (χ0n) is 11.7. The number of hydrogen-bond donors (Lipinski definition) is 1. The van der Waals surface area contributed by atoms with Crippen LogP contribution in [-0.4, -0.2) is 19.1 Å². The average Bonchev–Trinajstić information content (AvgIpc) is 3.12. The van der Waals surface area contributed by atoms with E-state index >= 15 is 0 Å². The van der Waals surface area contributed by atoms with Gasteiger partial charge in [-0.3, -0.25) is 0 Å². The fourth-order valence-electron chi connectivity index (χ4n) is 2.94. The molecule has 3 rings (SSSR count). The van der Waals surface area contributed by atoms with Gasteiger partial charge in [0.05, 0.1) is 0 Å². The number of anilines is 1. The van der Waals surface area contributed by atoms with Crippen LogP contribution in [0.4, 0.5) is 5.69 Å². The van der Waals surface area contributed by atoms with Crippen LogP contribution in [0.2, 0.25) is 5.02 Å². The minimum Gasteiger partial charge on any atom is -0.371 e. The minimum atomic E-state index is 0.728. The third kappa shape index (κ3) is 3.06. The van der Waals surface area contributed by atoms with Crippen molar-refractivity contribution in [1.29, 1.82) is 0 Å². The van der Waals surface area contributed by atoms with E-state index in [9.17, 15) is 0 Å². The first-order valence-corrected chi connectivity index (χ1v) is 7.91. The molecule has 1 aromatic rings. The predicted octanol–water partition coefficient (Wildman–Crippen LogP) is 3.83. The summed E-state index contributed by atoms with van der Waals surface area (Å²) in [5.74, 6) is 0.850. The standard InChI is InChI=1S/C16H23ClN2/c1-2-12-8-9-19(11-12)16-5-3-4-15(17)14(16)10-18-13-6-7-13/h3-5,12-13,18H,2,6-11H2,1H3. The number of benzene rings is 1. The molecule has 0 aromatic heterocycles. The lowest BCUT2D eigenvalue weighted by Crippen LogP contribution is -2.23. The molecule has 1 unspecified atom stereocenters. The zero-order chi connectivity index (χ0) is 13.2. The topological polar surface area (TPSA) is 15.3 Å². The molecule has 1 aromatic carbocycles. The lowest BCUT2D eigenvalue weighted by atomic mass is 10.1. The van der Waals surface area contributed by atoms with Crippen molar-refractivity contribution in [1.82, 2.24) is 5.32 Å². The highest BCUT2D eigenvalue weighted by molar-refractivity contribution is 6.31. The molecule has 0 amide bonds. The van der Waals surface area contributed by atoms with Crippen LogP contribution in [-0.2, 0) is 6.54 Å². The molecule has 1 atom stereocenters. The first-order valence-electron chi connectivity index (χ1n) is 7.53. The zero-order valence-corrected chi connectivity index (χ0v) is 12.4. The summed E-state index contributed by atoms with van der Waals surface area (Å²) in [5.41, 5.74) is 2.63. The highest BCUT2D eigenvalue weighted by Gasteiger charge is 2.25. The largest absolute Gasteiger partial charge is 0.371 e. The molecule has 3 heteroatoms. The Morgan fingerprint density at radius 1 is 1.32 bits per heavy atom. The van der Waals surface area contributed by atoms with E-state index in [1.165, 1.54) is 50.0 Å². The fraction of sp³-hybridized carbons (Fsp3) is 0.625. The molecule has 19 heavy (non-hydrogen) atoms. The number of halogens is 1. The van der Waals surface area contributed by atoms with Gasteiger partial charge in [-0.05, 0) is 37.3 Å².